The molecule has 0 unspecified atom stereocenters. The second kappa shape index (κ2) is 6.07. The Morgan fingerprint density at radius 2 is 2.36 bits per heavy atom. The van der Waals surface area contributed by atoms with Gasteiger partial charge in [-0.2, -0.15) is 5.26 Å². The fourth-order valence-electron chi connectivity index (χ4n) is 2.24. The zero-order valence-corrected chi connectivity index (χ0v) is 12.5. The van der Waals surface area contributed by atoms with Gasteiger partial charge in [0, 0.05) is 37.5 Å². The van der Waals surface area contributed by atoms with Gasteiger partial charge in [-0.15, -0.1) is 0 Å². The van der Waals surface area contributed by atoms with Crippen LogP contribution in [0.15, 0.2) is 34.3 Å². The summed E-state index contributed by atoms with van der Waals surface area (Å²) in [5.41, 5.74) is 0.232. The minimum Gasteiger partial charge on any atom is -0.315 e. The van der Waals surface area contributed by atoms with E-state index >= 15 is 0 Å². The van der Waals surface area contributed by atoms with E-state index in [0.717, 1.165) is 17.5 Å². The van der Waals surface area contributed by atoms with Crippen LogP contribution in [0.2, 0.25) is 0 Å². The number of nitrogens with one attached hydrogen (secondary N) is 1. The van der Waals surface area contributed by atoms with Crippen LogP contribution in [0.3, 0.4) is 0 Å². The van der Waals surface area contributed by atoms with Gasteiger partial charge >= 0.3 is 0 Å². The number of aryl methyl sites for hydroxylation is 1. The lowest BCUT2D eigenvalue weighted by molar-refractivity contribution is -0.116. The fourth-order valence-corrected chi connectivity index (χ4v) is 3.19. The van der Waals surface area contributed by atoms with Crippen molar-refractivity contribution in [3.8, 4) is 6.07 Å². The smallest absolute Gasteiger partial charge is 0.250 e. The number of carbonyl (C=O) groups is 1. The summed E-state index contributed by atoms with van der Waals surface area (Å²) in [7, 11) is 0. The molecule has 1 N–H and O–H groups in total. The summed E-state index contributed by atoms with van der Waals surface area (Å²) < 4.78 is 3.27. The molecule has 0 bridgehead atoms. The van der Waals surface area contributed by atoms with Gasteiger partial charge in [0.15, 0.2) is 16.7 Å². The maximum Gasteiger partial charge on any atom is 0.250 e. The van der Waals surface area contributed by atoms with Gasteiger partial charge in [0.1, 0.15) is 6.07 Å². The van der Waals surface area contributed by atoms with E-state index in [-0.39, 0.29) is 24.4 Å². The lowest BCUT2D eigenvalue weighted by atomic mass is 10.3. The van der Waals surface area contributed by atoms with Crippen LogP contribution in [0.1, 0.15) is 12.1 Å². The molecule has 0 atom stereocenters. The molecule has 0 saturated carbocycles. The fraction of sp³-hybridized carbons (Fsp3) is 0.286. The van der Waals surface area contributed by atoms with E-state index in [1.807, 2.05) is 4.57 Å². The molecule has 2 aromatic heterocycles. The van der Waals surface area contributed by atoms with Crippen molar-refractivity contribution in [1.82, 2.24) is 14.1 Å². The number of amides is 1. The molecule has 1 amide bonds. The number of nitrogens with zero attached hydrogens (tertiary/aromatic N) is 4. The van der Waals surface area contributed by atoms with Crippen molar-refractivity contribution in [3.63, 3.8) is 0 Å². The molecule has 0 radical (unpaired) electrons. The summed E-state index contributed by atoms with van der Waals surface area (Å²) in [6.45, 7) is 1.01. The minimum absolute atomic E-state index is 0.143. The summed E-state index contributed by atoms with van der Waals surface area (Å²) in [5.74, 6) is 0.923. The summed E-state index contributed by atoms with van der Waals surface area (Å²) in [6.07, 6.45) is 1.78. The van der Waals surface area contributed by atoms with Gasteiger partial charge in [0.2, 0.25) is 5.91 Å². The summed E-state index contributed by atoms with van der Waals surface area (Å²) in [5, 5.41) is 12.6. The minimum atomic E-state index is -0.269. The Bertz CT molecular complexity index is 817. The number of anilines is 1. The molecule has 0 aromatic carbocycles. The molecule has 22 heavy (non-hydrogen) atoms. The number of hydrogen-bond acceptors (Lipinski definition) is 5. The summed E-state index contributed by atoms with van der Waals surface area (Å²) in [4.78, 5) is 27.8. The number of hydrogen-bond donors (Lipinski definition) is 1. The van der Waals surface area contributed by atoms with Gasteiger partial charge in [-0.05, 0) is 6.07 Å². The van der Waals surface area contributed by atoms with Crippen LogP contribution in [-0.4, -0.2) is 25.8 Å². The van der Waals surface area contributed by atoms with Crippen molar-refractivity contribution in [2.45, 2.75) is 24.7 Å². The van der Waals surface area contributed by atoms with Crippen LogP contribution in [0.5, 0.6) is 0 Å². The molecule has 7 nitrogen and oxygen atoms in total. The average Bonchev–Trinajstić information content (AvgIpc) is 3.06. The number of nitriles is 1. The van der Waals surface area contributed by atoms with Crippen molar-refractivity contribution in [1.29, 1.82) is 5.26 Å². The maximum atomic E-state index is 12.0. The van der Waals surface area contributed by atoms with E-state index in [2.05, 4.69) is 16.4 Å². The molecule has 0 fully saturated rings. The van der Waals surface area contributed by atoms with Crippen LogP contribution >= 0.6 is 11.8 Å². The first-order valence-corrected chi connectivity index (χ1v) is 7.76. The zero-order chi connectivity index (χ0) is 15.5. The van der Waals surface area contributed by atoms with Gasteiger partial charge in [-0.1, -0.05) is 17.8 Å². The molecule has 8 heteroatoms. The maximum absolute atomic E-state index is 12.0. The lowest BCUT2D eigenvalue weighted by Gasteiger charge is -2.05. The Labute approximate surface area is 130 Å². The number of imidazole rings is 1. The summed E-state index contributed by atoms with van der Waals surface area (Å²) >= 11 is 1.56. The highest BCUT2D eigenvalue weighted by Crippen LogP contribution is 2.30. The SMILES string of the molecule is N#Cc1c(NC(=O)CCn2ccccc2=O)nc2n1CCS2. The molecular weight excluding hydrogens is 302 g/mol. The van der Waals surface area contributed by atoms with Crippen molar-refractivity contribution >= 4 is 23.5 Å². The molecule has 0 saturated heterocycles. The van der Waals surface area contributed by atoms with Gasteiger partial charge in [-0.25, -0.2) is 4.98 Å². The van der Waals surface area contributed by atoms with E-state index < -0.39 is 0 Å². The van der Waals surface area contributed by atoms with E-state index in [1.54, 1.807) is 30.1 Å². The van der Waals surface area contributed by atoms with Gasteiger partial charge in [-0.3, -0.25) is 9.59 Å². The van der Waals surface area contributed by atoms with Gasteiger partial charge < -0.3 is 14.5 Å². The van der Waals surface area contributed by atoms with Crippen LogP contribution in [-0.2, 0) is 17.9 Å². The Hall–Kier alpha value is -2.53. The third-order valence-corrected chi connectivity index (χ3v) is 4.28. The molecule has 0 aliphatic carbocycles. The number of carbonyl (C=O) groups excluding carboxylic acids is 1. The lowest BCUT2D eigenvalue weighted by Crippen LogP contribution is -2.22. The zero-order valence-electron chi connectivity index (χ0n) is 11.7. The van der Waals surface area contributed by atoms with Crippen LogP contribution in [0, 0.1) is 11.3 Å². The first-order chi connectivity index (χ1) is 10.7. The number of thioether (sulfide) groups is 1. The monoisotopic (exact) mass is 315 g/mol. The standard InChI is InChI=1S/C14H13N5O2S/c15-9-10-13(17-14-19(10)7-8-22-14)16-11(20)4-6-18-5-2-1-3-12(18)21/h1-3,5H,4,6-8H2,(H,16,20). The van der Waals surface area contributed by atoms with Crippen molar-refractivity contribution in [2.75, 3.05) is 11.1 Å². The first kappa shape index (κ1) is 14.4. The van der Waals surface area contributed by atoms with E-state index in [9.17, 15) is 14.9 Å². The Morgan fingerprint density at radius 1 is 1.50 bits per heavy atom. The molecule has 3 rings (SSSR count). The topological polar surface area (TPSA) is 92.7 Å². The van der Waals surface area contributed by atoms with Crippen molar-refractivity contribution in [2.24, 2.45) is 0 Å². The molecule has 1 aliphatic rings. The highest BCUT2D eigenvalue weighted by molar-refractivity contribution is 7.99. The third-order valence-electron chi connectivity index (χ3n) is 3.32. The molecule has 112 valence electrons. The van der Waals surface area contributed by atoms with Crippen LogP contribution in [0.25, 0.3) is 0 Å². The molecular formula is C14H13N5O2S. The second-order valence-corrected chi connectivity index (χ2v) is 5.80. The Morgan fingerprint density at radius 3 is 3.14 bits per heavy atom. The number of pyridine rings is 1. The van der Waals surface area contributed by atoms with Gasteiger partial charge in [0.05, 0.1) is 0 Å². The van der Waals surface area contributed by atoms with Crippen molar-refractivity contribution < 1.29 is 4.79 Å². The normalized spacial score (nSPS) is 12.7. The second-order valence-electron chi connectivity index (χ2n) is 4.73. The van der Waals surface area contributed by atoms with E-state index in [4.69, 9.17) is 0 Å². The highest BCUT2D eigenvalue weighted by atomic mass is 32.2. The van der Waals surface area contributed by atoms with Crippen LogP contribution in [0.4, 0.5) is 5.82 Å². The Kier molecular flexibility index (Phi) is 3.98. The average molecular weight is 315 g/mol. The van der Waals surface area contributed by atoms with Crippen LogP contribution < -0.4 is 10.9 Å². The number of rotatable bonds is 4. The highest BCUT2D eigenvalue weighted by Gasteiger charge is 2.22. The quantitative estimate of drug-likeness (QED) is 0.910. The first-order valence-electron chi connectivity index (χ1n) is 6.78. The largest absolute Gasteiger partial charge is 0.315 e. The van der Waals surface area contributed by atoms with E-state index in [1.165, 1.54) is 10.6 Å². The summed E-state index contributed by atoms with van der Waals surface area (Å²) in [6, 6.07) is 6.92. The van der Waals surface area contributed by atoms with E-state index in [0.29, 0.717) is 11.5 Å². The van der Waals surface area contributed by atoms with Crippen molar-refractivity contribution in [3.05, 3.63) is 40.4 Å². The number of fused-ring (bicyclic) bond motifs is 1. The molecule has 3 heterocycles. The Balaban J connectivity index is 1.67. The molecule has 1 aliphatic heterocycles. The molecule has 2 aromatic rings. The van der Waals surface area contributed by atoms with Gasteiger partial charge in [0.25, 0.3) is 5.56 Å². The predicted molar refractivity (Wildman–Crippen MR) is 81.6 cm³/mol. The predicted octanol–water partition coefficient (Wildman–Crippen LogP) is 1.05. The molecule has 0 spiro atoms. The third kappa shape index (κ3) is 2.76. The number of aromatic nitrogens is 3.